The Morgan fingerprint density at radius 1 is 0.417 bits per heavy atom. The number of hydrogen-bond donors (Lipinski definition) is 4. The summed E-state index contributed by atoms with van der Waals surface area (Å²) in [7, 11) is 0. The first-order chi connectivity index (χ1) is 47.9. The number of rotatable bonds is 24. The van der Waals surface area contributed by atoms with Crippen molar-refractivity contribution < 1.29 is 72.7 Å². The van der Waals surface area contributed by atoms with Gasteiger partial charge in [-0.3, -0.25) is 9.59 Å². The molecule has 4 aromatic rings. The van der Waals surface area contributed by atoms with Crippen LogP contribution in [0.5, 0.6) is 40.2 Å². The predicted octanol–water partition coefficient (Wildman–Crippen LogP) is 31.6. The third kappa shape index (κ3) is 40.4. The molecule has 5 aliphatic rings. The van der Waals surface area contributed by atoms with Crippen LogP contribution in [0.3, 0.4) is 0 Å². The Balaban J connectivity index is -0.000000143. The van der Waals surface area contributed by atoms with Gasteiger partial charge in [-0.25, -0.2) is 4.79 Å². The fraction of sp³-hybridized carbons (Fsp3) is 0.730. The second kappa shape index (κ2) is 58.7. The molecule has 0 spiro atoms. The van der Waals surface area contributed by atoms with Crippen molar-refractivity contribution in [2.45, 2.75) is 431 Å². The second-order valence-electron chi connectivity index (χ2n) is 33.6. The molecule has 5 fully saturated rings. The number of esters is 2. The molecule has 6 unspecified atom stereocenters. The summed E-state index contributed by atoms with van der Waals surface area (Å²) in [4.78, 5) is 36.9. The number of benzene rings is 4. The van der Waals surface area contributed by atoms with E-state index in [0.717, 1.165) is 79.9 Å². The maximum Gasteiger partial charge on any atom is 0.514 e. The van der Waals surface area contributed by atoms with Crippen LogP contribution in [0, 0.1) is 46.3 Å². The van der Waals surface area contributed by atoms with Gasteiger partial charge in [-0.2, -0.15) is 0 Å². The Kier molecular flexibility index (Phi) is 66.1. The molecule has 6 atom stereocenters. The lowest BCUT2D eigenvalue weighted by molar-refractivity contribution is -0.231. The van der Waals surface area contributed by atoms with Gasteiger partial charge in [0.2, 0.25) is 0 Å². The van der Waals surface area contributed by atoms with Crippen molar-refractivity contribution in [2.24, 2.45) is 46.3 Å². The molecule has 15 nitrogen and oxygen atoms in total. The number of carbonyl (C=O) groups is 3. The number of aromatic hydroxyl groups is 4. The molecule has 0 heterocycles. The highest BCUT2D eigenvalue weighted by molar-refractivity contribution is 5.77. The van der Waals surface area contributed by atoms with E-state index >= 15 is 0 Å². The third-order valence-corrected chi connectivity index (χ3v) is 21.9. The maximum atomic E-state index is 12.8. The molecule has 4 N–H and O–H groups in total. The summed E-state index contributed by atoms with van der Waals surface area (Å²) in [6.45, 7) is 55.4. The quantitative estimate of drug-likeness (QED) is 0.0169. The Labute approximate surface area is 712 Å². The minimum Gasteiger partial charge on any atom is -0.508 e. The van der Waals surface area contributed by atoms with Crippen LogP contribution in [0.15, 0.2) is 78.9 Å². The van der Waals surface area contributed by atoms with E-state index in [-0.39, 0.29) is 146 Å². The van der Waals surface area contributed by atoms with Crippen molar-refractivity contribution in [1.82, 2.24) is 0 Å². The monoisotopic (exact) mass is 1630 g/mol. The molecular weight excluding hydrogens is 1440 g/mol. The molecule has 4 aromatic carbocycles. The topological polar surface area (TPSA) is 206 Å². The molecule has 0 aromatic heterocycles. The van der Waals surface area contributed by atoms with Crippen molar-refractivity contribution in [3.8, 4) is 40.2 Å². The number of phenolic OH excluding ortho intramolecular Hbond substituents is 4. The Morgan fingerprint density at radius 2 is 0.791 bits per heavy atom. The van der Waals surface area contributed by atoms with Gasteiger partial charge in [-0.15, -0.1) is 0 Å². The average molecular weight is 1630 g/mol. The lowest BCUT2D eigenvalue weighted by atomic mass is 9.47. The number of ether oxygens (including phenoxy) is 8. The predicted molar refractivity (Wildman–Crippen MR) is 499 cm³/mol. The zero-order valence-corrected chi connectivity index (χ0v) is 69.0. The number of phenols is 4. The minimum absolute atomic E-state index is 0. The second-order valence-corrected chi connectivity index (χ2v) is 33.6. The van der Waals surface area contributed by atoms with E-state index < -0.39 is 24.3 Å². The molecule has 115 heavy (non-hydrogen) atoms. The fourth-order valence-electron chi connectivity index (χ4n) is 13.9. The van der Waals surface area contributed by atoms with Crippen molar-refractivity contribution >= 4 is 18.1 Å². The molecule has 15 heteroatoms. The molecular formula is C100H190O15. The maximum absolute atomic E-state index is 12.8. The third-order valence-electron chi connectivity index (χ3n) is 21.9. The summed E-state index contributed by atoms with van der Waals surface area (Å²) in [5, 5.41) is 37.3. The largest absolute Gasteiger partial charge is 0.514 e. The lowest BCUT2D eigenvalue weighted by Gasteiger charge is -2.62. The van der Waals surface area contributed by atoms with Crippen LogP contribution in [0.2, 0.25) is 0 Å². The first-order valence-electron chi connectivity index (χ1n) is 39.2. The highest BCUT2D eigenvalue weighted by Gasteiger charge is 2.61. The van der Waals surface area contributed by atoms with Crippen LogP contribution in [-0.2, 0) is 33.3 Å². The summed E-state index contributed by atoms with van der Waals surface area (Å²) in [5.74, 6) is 7.41. The van der Waals surface area contributed by atoms with Gasteiger partial charge < -0.3 is 58.3 Å². The van der Waals surface area contributed by atoms with E-state index in [9.17, 15) is 24.6 Å². The lowest BCUT2D eigenvalue weighted by Crippen LogP contribution is -2.63. The first-order valence-corrected chi connectivity index (χ1v) is 39.2. The van der Waals surface area contributed by atoms with Crippen LogP contribution in [0.25, 0.3) is 0 Å². The fourth-order valence-corrected chi connectivity index (χ4v) is 13.9. The molecule has 0 saturated heterocycles. The molecule has 5 saturated carbocycles. The number of hydrogen-bond acceptors (Lipinski definition) is 15. The van der Waals surface area contributed by atoms with Crippen LogP contribution in [0.1, 0.15) is 418 Å². The normalized spacial score (nSPS) is 18.4. The van der Waals surface area contributed by atoms with Gasteiger partial charge in [-0.05, 0) is 316 Å². The van der Waals surface area contributed by atoms with Crippen molar-refractivity contribution in [2.75, 3.05) is 6.61 Å². The van der Waals surface area contributed by atoms with Gasteiger partial charge >= 0.3 is 18.1 Å². The van der Waals surface area contributed by atoms with Gasteiger partial charge in [0.1, 0.15) is 22.6 Å². The molecule has 0 aliphatic heterocycles. The SMILES string of the molecule is C.C.C.C.C.C.C.C.C.C.C.C.CCC(C)(C)C(=O)OC1(C(C)C)C2CC3CC(C2)CC1C3.CCC(C)(C)C(=O)OC1(C(C)C)CCCC1.CCC(C)c1ccc(O)c(O)c1.CCC(C)c1ccc(O)cc1.CCC(C)c1ccc(OC(C)OC(C)(C)C)c(O)c1.CCOC(C)Oc1ccc(C(C)CC)cc1OC(=O)OC(C)(C)C. The summed E-state index contributed by atoms with van der Waals surface area (Å²) < 4.78 is 45.3. The van der Waals surface area contributed by atoms with Gasteiger partial charge in [0.15, 0.2) is 47.1 Å². The molecule has 9 rings (SSSR count). The van der Waals surface area contributed by atoms with Crippen LogP contribution < -0.4 is 14.2 Å². The molecule has 0 amide bonds. The van der Waals surface area contributed by atoms with Crippen molar-refractivity contribution in [3.05, 3.63) is 101 Å². The first kappa shape index (κ1) is 130. The zero-order valence-electron chi connectivity index (χ0n) is 69.0. The van der Waals surface area contributed by atoms with E-state index in [1.807, 2.05) is 106 Å². The summed E-state index contributed by atoms with van der Waals surface area (Å²) >= 11 is 0. The standard InChI is InChI=1S/C19H30O5.C19H32O2.C16H26O3.C14H26O2.C10H14O2.C10H14O.12CH4/c1-8-13(3)15-10-11-16(22-14(4)21-9-2)17(12-15)23-18(20)24-19(5,6)7;1-6-18(4,5)17(20)21-19(12(2)3)15-8-13-7-14(10-15)11-16(19)9-13;1-7-11(2)13-8-9-15(14(17)10-13)18-12(3)19-16(4,5)6;1-6-13(4,5)12(15)16-14(11(2)3)9-7-8-10-14;1-3-7(2)8-4-5-9(11)10(12)6-8;1-3-8(2)9-4-6-10(11)7-5-9;;;;;;;;;;;;/h10-14H,8-9H2,1-7H3;12-16H,6-11H2,1-5H3;8-12,17H,7H2,1-6H3;11H,6-10H2,1-5H3;4-7,11-12H,3H2,1-2H3;4-8,11H,3H2,1-2H3;12*1H4. The summed E-state index contributed by atoms with van der Waals surface area (Å²) in [6, 6.07) is 23.6. The van der Waals surface area contributed by atoms with E-state index in [4.69, 9.17) is 48.1 Å². The van der Waals surface area contributed by atoms with Crippen molar-refractivity contribution in [3.63, 3.8) is 0 Å². The summed E-state index contributed by atoms with van der Waals surface area (Å²) in [5.41, 5.74) is 2.63. The Bertz CT molecular complexity index is 3130. The van der Waals surface area contributed by atoms with E-state index in [2.05, 4.69) is 90.0 Å². The molecule has 680 valence electrons. The molecule has 4 bridgehead atoms. The van der Waals surface area contributed by atoms with E-state index in [0.29, 0.717) is 76.9 Å². The van der Waals surface area contributed by atoms with Gasteiger partial charge in [0.25, 0.3) is 0 Å². The zero-order chi connectivity index (χ0) is 78.2. The van der Waals surface area contributed by atoms with Crippen LogP contribution >= 0.6 is 0 Å². The van der Waals surface area contributed by atoms with Gasteiger partial charge in [0.05, 0.1) is 16.4 Å². The number of carbonyl (C=O) groups excluding carboxylic acids is 3. The van der Waals surface area contributed by atoms with Crippen LogP contribution in [-0.4, -0.2) is 80.1 Å². The highest BCUT2D eigenvalue weighted by atomic mass is 16.7. The average Bonchev–Trinajstić information content (AvgIpc) is 1.21. The van der Waals surface area contributed by atoms with Crippen molar-refractivity contribution in [1.29, 1.82) is 0 Å². The Hall–Kier alpha value is -6.19. The van der Waals surface area contributed by atoms with E-state index in [1.54, 1.807) is 64.1 Å². The molecule has 5 aliphatic carbocycles. The van der Waals surface area contributed by atoms with Crippen LogP contribution in [0.4, 0.5) is 4.79 Å². The smallest absolute Gasteiger partial charge is 0.508 e. The molecule has 0 radical (unpaired) electrons. The highest BCUT2D eigenvalue weighted by Crippen LogP contribution is 2.62. The Morgan fingerprint density at radius 3 is 1.16 bits per heavy atom. The van der Waals surface area contributed by atoms with Gasteiger partial charge in [-0.1, -0.05) is 216 Å². The van der Waals surface area contributed by atoms with E-state index in [1.165, 1.54) is 56.6 Å². The summed E-state index contributed by atoms with van der Waals surface area (Å²) in [6.07, 6.45) is 15.4. The van der Waals surface area contributed by atoms with Gasteiger partial charge in [0, 0.05) is 6.61 Å². The minimum atomic E-state index is -0.752.